The summed E-state index contributed by atoms with van der Waals surface area (Å²) < 4.78 is 0. The number of nitrogens with two attached hydrogens (primary N) is 1. The van der Waals surface area contributed by atoms with Crippen molar-refractivity contribution in [2.24, 2.45) is 5.73 Å². The third-order valence-corrected chi connectivity index (χ3v) is 2.84. The molecule has 0 amide bonds. The van der Waals surface area contributed by atoms with E-state index < -0.39 is 12.0 Å². The van der Waals surface area contributed by atoms with E-state index in [9.17, 15) is 4.79 Å². The Balaban J connectivity index is 3.00. The number of hydrogen-bond acceptors (Lipinski definition) is 2. The fourth-order valence-electron chi connectivity index (χ4n) is 1.36. The number of aliphatic carboxylic acids is 1. The van der Waals surface area contributed by atoms with Crippen molar-refractivity contribution in [1.29, 1.82) is 0 Å². The number of rotatable bonds is 3. The average molecular weight is 228 g/mol. The zero-order valence-electron chi connectivity index (χ0n) is 8.75. The highest BCUT2D eigenvalue weighted by Crippen LogP contribution is 2.25. The summed E-state index contributed by atoms with van der Waals surface area (Å²) in [6.45, 7) is 3.85. The fourth-order valence-corrected chi connectivity index (χ4v) is 1.64. The van der Waals surface area contributed by atoms with Crippen molar-refractivity contribution in [2.75, 3.05) is 0 Å². The molecule has 0 saturated heterocycles. The second-order valence-corrected chi connectivity index (χ2v) is 4.06. The number of hydrogen-bond donors (Lipinski definition) is 2. The first kappa shape index (κ1) is 12.0. The zero-order chi connectivity index (χ0) is 11.6. The Morgan fingerprint density at radius 3 is 2.60 bits per heavy atom. The SMILES string of the molecule is Cc1cc(C(N)CC(=O)O)cc(Cl)c1C. The predicted molar refractivity (Wildman–Crippen MR) is 60.1 cm³/mol. The maximum atomic E-state index is 10.5. The number of halogens is 1. The van der Waals surface area contributed by atoms with E-state index in [1.165, 1.54) is 0 Å². The molecule has 0 bridgehead atoms. The smallest absolute Gasteiger partial charge is 0.305 e. The van der Waals surface area contributed by atoms with Crippen molar-refractivity contribution < 1.29 is 9.90 Å². The molecule has 0 aliphatic rings. The average Bonchev–Trinajstić information content (AvgIpc) is 2.12. The van der Waals surface area contributed by atoms with E-state index in [1.54, 1.807) is 6.07 Å². The second kappa shape index (κ2) is 4.64. The van der Waals surface area contributed by atoms with E-state index in [0.717, 1.165) is 16.7 Å². The summed E-state index contributed by atoms with van der Waals surface area (Å²) in [7, 11) is 0. The van der Waals surface area contributed by atoms with Crippen LogP contribution in [0.4, 0.5) is 0 Å². The molecule has 1 aromatic carbocycles. The summed E-state index contributed by atoms with van der Waals surface area (Å²) in [5, 5.41) is 9.26. The Bertz CT molecular complexity index is 367. The molecule has 0 heterocycles. The first-order chi connectivity index (χ1) is 6.91. The van der Waals surface area contributed by atoms with Gasteiger partial charge < -0.3 is 10.8 Å². The van der Waals surface area contributed by atoms with Gasteiger partial charge in [0.15, 0.2) is 0 Å². The Kier molecular flexibility index (Phi) is 3.72. The topological polar surface area (TPSA) is 63.3 Å². The zero-order valence-corrected chi connectivity index (χ0v) is 9.51. The summed E-state index contributed by atoms with van der Waals surface area (Å²) >= 11 is 6.00. The Morgan fingerprint density at radius 2 is 2.13 bits per heavy atom. The first-order valence-electron chi connectivity index (χ1n) is 4.66. The molecule has 0 aliphatic heterocycles. The number of benzene rings is 1. The molecule has 4 heteroatoms. The van der Waals surface area contributed by atoms with Crippen molar-refractivity contribution in [1.82, 2.24) is 0 Å². The third-order valence-electron chi connectivity index (χ3n) is 2.45. The van der Waals surface area contributed by atoms with Crippen LogP contribution in [0.1, 0.15) is 29.2 Å². The van der Waals surface area contributed by atoms with E-state index in [1.807, 2.05) is 19.9 Å². The molecule has 1 unspecified atom stereocenters. The predicted octanol–water partition coefficient (Wildman–Crippen LogP) is 2.43. The summed E-state index contributed by atoms with van der Waals surface area (Å²) in [4.78, 5) is 10.5. The van der Waals surface area contributed by atoms with Crippen LogP contribution in [-0.4, -0.2) is 11.1 Å². The number of carboxylic acids is 1. The fraction of sp³-hybridized carbons (Fsp3) is 0.364. The quantitative estimate of drug-likeness (QED) is 0.834. The van der Waals surface area contributed by atoms with Gasteiger partial charge in [0, 0.05) is 11.1 Å². The lowest BCUT2D eigenvalue weighted by Crippen LogP contribution is -2.15. The maximum Gasteiger partial charge on any atom is 0.305 e. The largest absolute Gasteiger partial charge is 0.481 e. The summed E-state index contributed by atoms with van der Waals surface area (Å²) in [5.74, 6) is -0.906. The molecule has 3 nitrogen and oxygen atoms in total. The van der Waals surface area contributed by atoms with E-state index in [0.29, 0.717) is 5.02 Å². The lowest BCUT2D eigenvalue weighted by molar-refractivity contribution is -0.137. The van der Waals surface area contributed by atoms with Gasteiger partial charge in [-0.1, -0.05) is 17.7 Å². The molecule has 0 aromatic heterocycles. The number of carboxylic acid groups (broad SMARTS) is 1. The van der Waals surface area contributed by atoms with Gasteiger partial charge in [-0.25, -0.2) is 0 Å². The van der Waals surface area contributed by atoms with Gasteiger partial charge in [-0.15, -0.1) is 0 Å². The van der Waals surface area contributed by atoms with Crippen molar-refractivity contribution in [3.05, 3.63) is 33.8 Å². The van der Waals surface area contributed by atoms with Gasteiger partial charge in [0.25, 0.3) is 0 Å². The first-order valence-corrected chi connectivity index (χ1v) is 5.03. The lowest BCUT2D eigenvalue weighted by Gasteiger charge is -2.12. The highest BCUT2D eigenvalue weighted by molar-refractivity contribution is 6.31. The molecule has 0 spiro atoms. The van der Waals surface area contributed by atoms with Crippen molar-refractivity contribution >= 4 is 17.6 Å². The van der Waals surface area contributed by atoms with Gasteiger partial charge in [-0.2, -0.15) is 0 Å². The molecule has 0 saturated carbocycles. The molecule has 0 aliphatic carbocycles. The minimum Gasteiger partial charge on any atom is -0.481 e. The van der Waals surface area contributed by atoms with E-state index in [2.05, 4.69) is 0 Å². The van der Waals surface area contributed by atoms with E-state index in [4.69, 9.17) is 22.4 Å². The van der Waals surface area contributed by atoms with Crippen LogP contribution in [0.2, 0.25) is 5.02 Å². The van der Waals surface area contributed by atoms with Gasteiger partial charge in [-0.05, 0) is 36.6 Å². The van der Waals surface area contributed by atoms with E-state index in [-0.39, 0.29) is 6.42 Å². The second-order valence-electron chi connectivity index (χ2n) is 3.65. The van der Waals surface area contributed by atoms with Crippen LogP contribution < -0.4 is 5.73 Å². The highest BCUT2D eigenvalue weighted by atomic mass is 35.5. The Morgan fingerprint density at radius 1 is 1.53 bits per heavy atom. The molecule has 3 N–H and O–H groups in total. The Hall–Kier alpha value is -1.06. The highest BCUT2D eigenvalue weighted by Gasteiger charge is 2.12. The molecule has 1 atom stereocenters. The van der Waals surface area contributed by atoms with Crippen molar-refractivity contribution in [3.8, 4) is 0 Å². The van der Waals surface area contributed by atoms with Crippen LogP contribution >= 0.6 is 11.6 Å². The van der Waals surface area contributed by atoms with Gasteiger partial charge in [-0.3, -0.25) is 4.79 Å². The van der Waals surface area contributed by atoms with Crippen LogP contribution in [-0.2, 0) is 4.79 Å². The summed E-state index contributed by atoms with van der Waals surface area (Å²) in [5.41, 5.74) is 8.54. The normalized spacial score (nSPS) is 12.5. The summed E-state index contributed by atoms with van der Waals surface area (Å²) in [6, 6.07) is 3.12. The van der Waals surface area contributed by atoms with Crippen LogP contribution in [0.15, 0.2) is 12.1 Å². The minimum absolute atomic E-state index is 0.0845. The van der Waals surface area contributed by atoms with Gasteiger partial charge in [0.2, 0.25) is 0 Å². The van der Waals surface area contributed by atoms with Crippen LogP contribution in [0, 0.1) is 13.8 Å². The Labute approximate surface area is 93.9 Å². The standard InChI is InChI=1S/C11H14ClNO2/c1-6-3-8(4-9(12)7(6)2)10(13)5-11(14)15/h3-4,10H,5,13H2,1-2H3,(H,14,15). The van der Waals surface area contributed by atoms with E-state index >= 15 is 0 Å². The number of aryl methyl sites for hydroxylation is 1. The van der Waals surface area contributed by atoms with Crippen LogP contribution in [0.25, 0.3) is 0 Å². The molecule has 0 fully saturated rings. The minimum atomic E-state index is -0.906. The number of carbonyl (C=O) groups is 1. The van der Waals surface area contributed by atoms with Crippen LogP contribution in [0.3, 0.4) is 0 Å². The maximum absolute atomic E-state index is 10.5. The molecular weight excluding hydrogens is 214 g/mol. The molecule has 82 valence electrons. The molecular formula is C11H14ClNO2. The van der Waals surface area contributed by atoms with Gasteiger partial charge in [0.1, 0.15) is 0 Å². The third kappa shape index (κ3) is 2.94. The molecule has 0 radical (unpaired) electrons. The molecule has 15 heavy (non-hydrogen) atoms. The van der Waals surface area contributed by atoms with Gasteiger partial charge in [0.05, 0.1) is 6.42 Å². The monoisotopic (exact) mass is 227 g/mol. The molecule has 1 aromatic rings. The van der Waals surface area contributed by atoms with Crippen molar-refractivity contribution in [3.63, 3.8) is 0 Å². The van der Waals surface area contributed by atoms with Crippen LogP contribution in [0.5, 0.6) is 0 Å². The molecule has 1 rings (SSSR count). The lowest BCUT2D eigenvalue weighted by atomic mass is 9.99. The van der Waals surface area contributed by atoms with Gasteiger partial charge >= 0.3 is 5.97 Å². The van der Waals surface area contributed by atoms with Crippen molar-refractivity contribution in [2.45, 2.75) is 26.3 Å². The summed E-state index contributed by atoms with van der Waals surface area (Å²) in [6.07, 6.45) is -0.0845.